The molecule has 1 aromatic heterocycles. The van der Waals surface area contributed by atoms with Crippen molar-refractivity contribution in [3.63, 3.8) is 0 Å². The summed E-state index contributed by atoms with van der Waals surface area (Å²) in [6, 6.07) is 3.60. The summed E-state index contributed by atoms with van der Waals surface area (Å²) < 4.78 is 0. The molecule has 0 unspecified atom stereocenters. The molecule has 0 fully saturated rings. The average Bonchev–Trinajstić information content (AvgIpc) is 2.40. The van der Waals surface area contributed by atoms with Gasteiger partial charge < -0.3 is 15.5 Å². The largest absolute Gasteiger partial charge is 0.351 e. The van der Waals surface area contributed by atoms with Gasteiger partial charge in [-0.05, 0) is 12.1 Å². The van der Waals surface area contributed by atoms with E-state index in [2.05, 4.69) is 20.6 Å². The molecule has 19 heavy (non-hydrogen) atoms. The third kappa shape index (κ3) is 5.56. The Kier molecular flexibility index (Phi) is 6.08. The van der Waals surface area contributed by atoms with Crippen molar-refractivity contribution in [3.8, 4) is 0 Å². The third-order valence-corrected chi connectivity index (χ3v) is 2.58. The van der Waals surface area contributed by atoms with Gasteiger partial charge in [0.15, 0.2) is 5.96 Å². The Hall–Kier alpha value is -1.82. The zero-order valence-electron chi connectivity index (χ0n) is 11.3. The Morgan fingerprint density at radius 2 is 2.16 bits per heavy atom. The van der Waals surface area contributed by atoms with Crippen LogP contribution in [0.2, 0.25) is 5.02 Å². The molecule has 0 aromatic carbocycles. The zero-order valence-corrected chi connectivity index (χ0v) is 12.0. The quantitative estimate of drug-likeness (QED) is 0.623. The Morgan fingerprint density at radius 1 is 1.42 bits per heavy atom. The van der Waals surface area contributed by atoms with E-state index >= 15 is 0 Å². The number of likely N-dealkylation sites (N-methyl/N-ethyl adjacent to an activating group) is 1. The molecule has 1 heterocycles. The molecule has 0 bridgehead atoms. The van der Waals surface area contributed by atoms with Gasteiger partial charge in [0.2, 0.25) is 5.91 Å². The van der Waals surface area contributed by atoms with Gasteiger partial charge in [-0.1, -0.05) is 11.6 Å². The number of rotatable bonds is 4. The molecule has 2 N–H and O–H groups in total. The molecule has 6 nitrogen and oxygen atoms in total. The van der Waals surface area contributed by atoms with Crippen molar-refractivity contribution in [2.24, 2.45) is 4.99 Å². The Balaban J connectivity index is 2.41. The maximum atomic E-state index is 11.4. The fourth-order valence-electron chi connectivity index (χ4n) is 1.22. The smallest absolute Gasteiger partial charge is 0.241 e. The maximum Gasteiger partial charge on any atom is 0.241 e. The summed E-state index contributed by atoms with van der Waals surface area (Å²) in [6.07, 6.45) is 1.59. The van der Waals surface area contributed by atoms with Crippen molar-refractivity contribution in [1.82, 2.24) is 20.5 Å². The van der Waals surface area contributed by atoms with Gasteiger partial charge in [0.25, 0.3) is 0 Å². The van der Waals surface area contributed by atoms with E-state index in [-0.39, 0.29) is 12.5 Å². The van der Waals surface area contributed by atoms with E-state index in [0.29, 0.717) is 17.5 Å². The summed E-state index contributed by atoms with van der Waals surface area (Å²) in [5.74, 6) is 0.527. The predicted octanol–water partition coefficient (Wildman–Crippen LogP) is 0.488. The van der Waals surface area contributed by atoms with Crippen molar-refractivity contribution < 1.29 is 4.79 Å². The highest BCUT2D eigenvalue weighted by Gasteiger charge is 2.05. The monoisotopic (exact) mass is 283 g/mol. The number of hydrogen-bond acceptors (Lipinski definition) is 3. The number of halogens is 1. The van der Waals surface area contributed by atoms with Crippen molar-refractivity contribution >= 4 is 23.5 Å². The number of nitrogens with zero attached hydrogens (tertiary/aromatic N) is 3. The minimum atomic E-state index is -0.0208. The molecule has 104 valence electrons. The summed E-state index contributed by atoms with van der Waals surface area (Å²) in [7, 11) is 5.06. The van der Waals surface area contributed by atoms with E-state index in [1.165, 1.54) is 4.90 Å². The fraction of sp³-hybridized carbons (Fsp3) is 0.417. The number of aliphatic imine (C=N–C) groups is 1. The molecule has 0 aliphatic rings. The number of pyridine rings is 1. The van der Waals surface area contributed by atoms with Gasteiger partial charge in [-0.2, -0.15) is 0 Å². The summed E-state index contributed by atoms with van der Waals surface area (Å²) in [6.45, 7) is 0.702. The molecule has 0 saturated heterocycles. The topological polar surface area (TPSA) is 69.6 Å². The predicted molar refractivity (Wildman–Crippen MR) is 76.1 cm³/mol. The first-order valence-corrected chi connectivity index (χ1v) is 6.16. The van der Waals surface area contributed by atoms with Crippen molar-refractivity contribution in [2.75, 3.05) is 27.7 Å². The number of amides is 1. The van der Waals surface area contributed by atoms with Gasteiger partial charge in [0, 0.05) is 27.3 Å². The molecule has 1 amide bonds. The van der Waals surface area contributed by atoms with Gasteiger partial charge in [0.1, 0.15) is 0 Å². The summed E-state index contributed by atoms with van der Waals surface area (Å²) in [5, 5.41) is 6.59. The second-order valence-corrected chi connectivity index (χ2v) is 4.47. The van der Waals surface area contributed by atoms with Crippen LogP contribution in [0, 0.1) is 0 Å². The van der Waals surface area contributed by atoms with Crippen LogP contribution in [0.4, 0.5) is 0 Å². The minimum Gasteiger partial charge on any atom is -0.351 e. The highest BCUT2D eigenvalue weighted by molar-refractivity contribution is 6.30. The number of nitrogens with one attached hydrogen (secondary N) is 2. The molecule has 0 spiro atoms. The number of carbonyl (C=O) groups is 1. The summed E-state index contributed by atoms with van der Waals surface area (Å²) >= 11 is 5.75. The van der Waals surface area contributed by atoms with Gasteiger partial charge in [-0.25, -0.2) is 0 Å². The maximum absolute atomic E-state index is 11.4. The van der Waals surface area contributed by atoms with E-state index < -0.39 is 0 Å². The molecule has 0 aliphatic heterocycles. The number of carbonyl (C=O) groups excluding carboxylic acids is 1. The summed E-state index contributed by atoms with van der Waals surface area (Å²) in [4.78, 5) is 21.1. The second-order valence-electron chi connectivity index (χ2n) is 4.04. The zero-order chi connectivity index (χ0) is 14.3. The van der Waals surface area contributed by atoms with Crippen molar-refractivity contribution in [1.29, 1.82) is 0 Å². The van der Waals surface area contributed by atoms with Gasteiger partial charge in [-0.15, -0.1) is 0 Å². The molecule has 0 saturated carbocycles. The fourth-order valence-corrected chi connectivity index (χ4v) is 1.34. The van der Waals surface area contributed by atoms with E-state index in [9.17, 15) is 4.79 Å². The lowest BCUT2D eigenvalue weighted by Gasteiger charge is -2.14. The Morgan fingerprint density at radius 3 is 2.68 bits per heavy atom. The van der Waals surface area contributed by atoms with E-state index in [4.69, 9.17) is 11.6 Å². The molecular weight excluding hydrogens is 266 g/mol. The molecule has 0 radical (unpaired) electrons. The molecular formula is C12H18ClN5O. The van der Waals surface area contributed by atoms with Crippen LogP contribution in [-0.4, -0.2) is 49.4 Å². The molecule has 0 aliphatic carbocycles. The SMILES string of the molecule is CN=C(NCC(=O)N(C)C)NCc1ccc(Cl)cn1. The normalized spacial score (nSPS) is 11.1. The van der Waals surface area contributed by atoms with Crippen molar-refractivity contribution in [3.05, 3.63) is 29.0 Å². The van der Waals surface area contributed by atoms with Gasteiger partial charge in [0.05, 0.1) is 23.8 Å². The molecule has 1 aromatic rings. The first-order chi connectivity index (χ1) is 9.02. The van der Waals surface area contributed by atoms with E-state index in [1.807, 2.05) is 6.07 Å². The number of guanidine groups is 1. The number of aromatic nitrogens is 1. The van der Waals surface area contributed by atoms with Crippen LogP contribution in [0.3, 0.4) is 0 Å². The first kappa shape index (κ1) is 15.2. The first-order valence-electron chi connectivity index (χ1n) is 5.78. The van der Waals surface area contributed by atoms with E-state index in [1.54, 1.807) is 33.4 Å². The van der Waals surface area contributed by atoms with Crippen LogP contribution in [0.1, 0.15) is 5.69 Å². The lowest BCUT2D eigenvalue weighted by atomic mass is 10.3. The minimum absolute atomic E-state index is 0.0208. The highest BCUT2D eigenvalue weighted by atomic mass is 35.5. The van der Waals surface area contributed by atoms with Crippen LogP contribution >= 0.6 is 11.6 Å². The molecule has 0 atom stereocenters. The lowest BCUT2D eigenvalue weighted by Crippen LogP contribution is -2.42. The van der Waals surface area contributed by atoms with Gasteiger partial charge in [-0.3, -0.25) is 14.8 Å². The number of hydrogen-bond donors (Lipinski definition) is 2. The highest BCUT2D eigenvalue weighted by Crippen LogP contribution is 2.05. The average molecular weight is 284 g/mol. The molecule has 7 heteroatoms. The standard InChI is InChI=1S/C12H18ClN5O/c1-14-12(17-8-11(19)18(2)3)16-7-10-5-4-9(13)6-15-10/h4-6H,7-8H2,1-3H3,(H2,14,16,17). The van der Waals surface area contributed by atoms with Crippen LogP contribution in [0.25, 0.3) is 0 Å². The lowest BCUT2D eigenvalue weighted by molar-refractivity contribution is -0.127. The third-order valence-electron chi connectivity index (χ3n) is 2.36. The second kappa shape index (κ2) is 7.58. The van der Waals surface area contributed by atoms with Crippen molar-refractivity contribution in [2.45, 2.75) is 6.54 Å². The van der Waals surface area contributed by atoms with Crippen LogP contribution in [0.5, 0.6) is 0 Å². The van der Waals surface area contributed by atoms with Crippen LogP contribution in [0.15, 0.2) is 23.3 Å². The Labute approximate surface area is 117 Å². The van der Waals surface area contributed by atoms with Crippen LogP contribution < -0.4 is 10.6 Å². The van der Waals surface area contributed by atoms with Crippen LogP contribution in [-0.2, 0) is 11.3 Å². The molecule has 1 rings (SSSR count). The van der Waals surface area contributed by atoms with E-state index in [0.717, 1.165) is 5.69 Å². The van der Waals surface area contributed by atoms with Gasteiger partial charge >= 0.3 is 0 Å². The summed E-state index contributed by atoms with van der Waals surface area (Å²) in [5.41, 5.74) is 0.839. The Bertz CT molecular complexity index is 444.